The molecule has 1 aromatic heterocycles. The van der Waals surface area contributed by atoms with Crippen LogP contribution in [0.3, 0.4) is 0 Å². The number of aromatic nitrogens is 1. The number of nitrogens with one attached hydrogen (secondary N) is 1. The second-order valence-electron chi connectivity index (χ2n) is 6.02. The van der Waals surface area contributed by atoms with Gasteiger partial charge in [-0.3, -0.25) is 10.1 Å². The molecule has 2 unspecified atom stereocenters. The van der Waals surface area contributed by atoms with Crippen molar-refractivity contribution in [1.29, 1.82) is 0 Å². The zero-order valence-electron chi connectivity index (χ0n) is 13.7. The van der Waals surface area contributed by atoms with Gasteiger partial charge >= 0.3 is 5.69 Å². The number of alkyl halides is 1. The number of nitrogens with zero attached hydrogens (tertiary/aromatic N) is 3. The number of halogens is 2. The zero-order chi connectivity index (χ0) is 18.0. The van der Waals surface area contributed by atoms with Crippen molar-refractivity contribution in [3.63, 3.8) is 0 Å². The van der Waals surface area contributed by atoms with Gasteiger partial charge in [-0.25, -0.2) is 9.37 Å². The maximum atomic E-state index is 13.9. The lowest BCUT2D eigenvalue weighted by Gasteiger charge is -2.37. The van der Waals surface area contributed by atoms with Gasteiger partial charge in [-0.2, -0.15) is 0 Å². The van der Waals surface area contributed by atoms with Gasteiger partial charge in [-0.15, -0.1) is 0 Å². The summed E-state index contributed by atoms with van der Waals surface area (Å²) in [5.41, 5.74) is 1.41. The Balaban J connectivity index is 1.80. The summed E-state index contributed by atoms with van der Waals surface area (Å²) in [6.45, 7) is 2.70. The van der Waals surface area contributed by atoms with Gasteiger partial charge in [-0.05, 0) is 50.1 Å². The molecule has 0 radical (unpaired) electrons. The van der Waals surface area contributed by atoms with Crippen molar-refractivity contribution in [3.05, 3.63) is 51.7 Å². The van der Waals surface area contributed by atoms with Crippen molar-refractivity contribution < 1.29 is 9.31 Å². The fourth-order valence-corrected chi connectivity index (χ4v) is 3.15. The summed E-state index contributed by atoms with van der Waals surface area (Å²) in [6, 6.07) is 9.83. The minimum Gasteiger partial charge on any atom is -0.366 e. The Hall–Kier alpha value is -2.41. The molecule has 1 saturated heterocycles. The van der Waals surface area contributed by atoms with Gasteiger partial charge in [0.05, 0.1) is 11.0 Å². The Kier molecular flexibility index (Phi) is 5.03. The molecule has 2 aromatic rings. The highest BCUT2D eigenvalue weighted by molar-refractivity contribution is 6.29. The van der Waals surface area contributed by atoms with Crippen LogP contribution in [0.2, 0.25) is 5.15 Å². The molecule has 2 heterocycles. The van der Waals surface area contributed by atoms with Crippen LogP contribution in [0, 0.1) is 10.1 Å². The Labute approximate surface area is 149 Å². The maximum absolute atomic E-state index is 13.9. The van der Waals surface area contributed by atoms with Crippen molar-refractivity contribution in [2.45, 2.75) is 32.0 Å². The molecule has 132 valence electrons. The van der Waals surface area contributed by atoms with Crippen LogP contribution in [-0.2, 0) is 0 Å². The average Bonchev–Trinajstić information content (AvgIpc) is 2.58. The van der Waals surface area contributed by atoms with E-state index in [-0.39, 0.29) is 22.7 Å². The fraction of sp³-hybridized carbons (Fsp3) is 0.353. The molecule has 1 aliphatic heterocycles. The number of hydrogen-bond acceptors (Lipinski definition) is 5. The van der Waals surface area contributed by atoms with Crippen molar-refractivity contribution in [1.82, 2.24) is 4.98 Å². The predicted octanol–water partition coefficient (Wildman–Crippen LogP) is 4.71. The summed E-state index contributed by atoms with van der Waals surface area (Å²) in [6.07, 6.45) is 0.593. The SMILES string of the molecule is CC1C(F)CCCN1c1ccc(Nc2nc(Cl)ccc2[N+](=O)[O-])cc1. The monoisotopic (exact) mass is 364 g/mol. The van der Waals surface area contributed by atoms with Crippen LogP contribution in [0.1, 0.15) is 19.8 Å². The Morgan fingerprint density at radius 1 is 1.32 bits per heavy atom. The van der Waals surface area contributed by atoms with Crippen molar-refractivity contribution in [2.75, 3.05) is 16.8 Å². The molecule has 0 bridgehead atoms. The number of nitro groups is 1. The first-order chi connectivity index (χ1) is 12.0. The maximum Gasteiger partial charge on any atom is 0.311 e. The van der Waals surface area contributed by atoms with Gasteiger partial charge in [0.25, 0.3) is 0 Å². The number of hydrogen-bond donors (Lipinski definition) is 1. The Bertz CT molecular complexity index is 772. The van der Waals surface area contributed by atoms with E-state index in [1.807, 2.05) is 24.0 Å². The molecule has 2 atom stereocenters. The van der Waals surface area contributed by atoms with E-state index in [0.717, 1.165) is 18.7 Å². The van der Waals surface area contributed by atoms with Crippen molar-refractivity contribution >= 4 is 34.5 Å². The van der Waals surface area contributed by atoms with Crippen LogP contribution in [0.4, 0.5) is 27.3 Å². The molecule has 6 nitrogen and oxygen atoms in total. The smallest absolute Gasteiger partial charge is 0.311 e. The first-order valence-electron chi connectivity index (χ1n) is 8.04. The largest absolute Gasteiger partial charge is 0.366 e. The molecule has 1 aromatic carbocycles. The molecule has 0 spiro atoms. The summed E-state index contributed by atoms with van der Waals surface area (Å²) >= 11 is 5.83. The third kappa shape index (κ3) is 3.82. The molecule has 0 amide bonds. The van der Waals surface area contributed by atoms with Gasteiger partial charge < -0.3 is 10.2 Å². The molecule has 1 N–H and O–H groups in total. The standard InChI is InChI=1S/C17H18ClFN4O2/c1-11-14(19)3-2-10-22(11)13-6-4-12(5-7-13)20-17-15(23(24)25)8-9-16(18)21-17/h4-9,11,14H,2-3,10H2,1H3,(H,20,21). The topological polar surface area (TPSA) is 71.3 Å². The summed E-state index contributed by atoms with van der Waals surface area (Å²) in [5.74, 6) is 0.0837. The van der Waals surface area contributed by atoms with E-state index >= 15 is 0 Å². The number of rotatable bonds is 4. The number of pyridine rings is 1. The molecule has 3 rings (SSSR count). The fourth-order valence-electron chi connectivity index (χ4n) is 3.00. The van der Waals surface area contributed by atoms with Gasteiger partial charge in [0.2, 0.25) is 5.82 Å². The van der Waals surface area contributed by atoms with Crippen LogP contribution in [0.5, 0.6) is 0 Å². The number of benzene rings is 1. The first-order valence-corrected chi connectivity index (χ1v) is 8.42. The van der Waals surface area contributed by atoms with Crippen LogP contribution >= 0.6 is 11.6 Å². The second kappa shape index (κ2) is 7.23. The van der Waals surface area contributed by atoms with E-state index < -0.39 is 11.1 Å². The molecular weight excluding hydrogens is 347 g/mol. The van der Waals surface area contributed by atoms with Crippen LogP contribution < -0.4 is 10.2 Å². The van der Waals surface area contributed by atoms with Gasteiger partial charge in [0, 0.05) is 24.0 Å². The normalized spacial score (nSPS) is 20.4. The third-order valence-electron chi connectivity index (χ3n) is 4.39. The lowest BCUT2D eigenvalue weighted by atomic mass is 10.0. The van der Waals surface area contributed by atoms with E-state index in [1.54, 1.807) is 12.1 Å². The molecule has 0 saturated carbocycles. The van der Waals surface area contributed by atoms with Crippen LogP contribution in [-0.4, -0.2) is 28.7 Å². The van der Waals surface area contributed by atoms with Gasteiger partial charge in [0.1, 0.15) is 11.3 Å². The highest BCUT2D eigenvalue weighted by atomic mass is 35.5. The van der Waals surface area contributed by atoms with E-state index in [0.29, 0.717) is 12.1 Å². The first kappa shape index (κ1) is 17.4. The summed E-state index contributed by atoms with van der Waals surface area (Å²) in [7, 11) is 0. The molecule has 25 heavy (non-hydrogen) atoms. The summed E-state index contributed by atoms with van der Waals surface area (Å²) in [5, 5.41) is 14.2. The average molecular weight is 365 g/mol. The zero-order valence-corrected chi connectivity index (χ0v) is 14.4. The quantitative estimate of drug-likeness (QED) is 0.483. The summed E-state index contributed by atoms with van der Waals surface area (Å²) in [4.78, 5) is 16.6. The number of anilines is 3. The Morgan fingerprint density at radius 2 is 2.04 bits per heavy atom. The highest BCUT2D eigenvalue weighted by Crippen LogP contribution is 2.30. The minimum atomic E-state index is -0.829. The van der Waals surface area contributed by atoms with Gasteiger partial charge in [-0.1, -0.05) is 11.6 Å². The molecule has 0 aliphatic carbocycles. The lowest BCUT2D eigenvalue weighted by molar-refractivity contribution is -0.384. The molecule has 8 heteroatoms. The highest BCUT2D eigenvalue weighted by Gasteiger charge is 2.27. The molecule has 1 fully saturated rings. The van der Waals surface area contributed by atoms with E-state index in [4.69, 9.17) is 11.6 Å². The molecule has 1 aliphatic rings. The third-order valence-corrected chi connectivity index (χ3v) is 4.60. The van der Waals surface area contributed by atoms with Crippen LogP contribution in [0.25, 0.3) is 0 Å². The minimum absolute atomic E-state index is 0.0837. The predicted molar refractivity (Wildman–Crippen MR) is 96.6 cm³/mol. The van der Waals surface area contributed by atoms with Crippen molar-refractivity contribution in [3.8, 4) is 0 Å². The van der Waals surface area contributed by atoms with E-state index in [1.165, 1.54) is 12.1 Å². The lowest BCUT2D eigenvalue weighted by Crippen LogP contribution is -2.44. The second-order valence-corrected chi connectivity index (χ2v) is 6.41. The van der Waals surface area contributed by atoms with E-state index in [2.05, 4.69) is 10.3 Å². The van der Waals surface area contributed by atoms with Gasteiger partial charge in [0.15, 0.2) is 0 Å². The Morgan fingerprint density at radius 3 is 2.72 bits per heavy atom. The summed E-state index contributed by atoms with van der Waals surface area (Å²) < 4.78 is 13.9. The molecular formula is C17H18ClFN4O2. The van der Waals surface area contributed by atoms with Crippen LogP contribution in [0.15, 0.2) is 36.4 Å². The van der Waals surface area contributed by atoms with E-state index in [9.17, 15) is 14.5 Å². The van der Waals surface area contributed by atoms with Crippen molar-refractivity contribution in [2.24, 2.45) is 0 Å². The number of piperidine rings is 1.